The molecule has 0 aliphatic heterocycles. The van der Waals surface area contributed by atoms with Crippen LogP contribution in [0.4, 0.5) is 0 Å². The van der Waals surface area contributed by atoms with E-state index in [2.05, 4.69) is 11.8 Å². The molecule has 1 unspecified atom stereocenters. The van der Waals surface area contributed by atoms with Crippen LogP contribution in [0.15, 0.2) is 24.3 Å². The van der Waals surface area contributed by atoms with Crippen LogP contribution in [-0.2, 0) is 6.54 Å². The molecule has 1 aromatic rings. The van der Waals surface area contributed by atoms with Crippen molar-refractivity contribution in [2.75, 3.05) is 0 Å². The molecule has 1 aromatic carbocycles. The second kappa shape index (κ2) is 4.97. The third-order valence-electron chi connectivity index (χ3n) is 4.45. The molecule has 2 aliphatic carbocycles. The van der Waals surface area contributed by atoms with Gasteiger partial charge >= 0.3 is 0 Å². The first-order valence-corrected chi connectivity index (χ1v) is 7.29. The van der Waals surface area contributed by atoms with Gasteiger partial charge in [0.05, 0.1) is 0 Å². The van der Waals surface area contributed by atoms with Gasteiger partial charge in [-0.3, -0.25) is 9.69 Å². The standard InChI is InChI=1S/C16H22N2O/c1-11(13-6-7-13)18(15-8-9-15)10-12-2-4-14(5-3-12)16(17)19/h2-5,11,13,15H,6-10H2,1H3,(H2,17,19). The Morgan fingerprint density at radius 3 is 2.37 bits per heavy atom. The molecule has 0 bridgehead atoms. The maximum atomic E-state index is 11.1. The Labute approximate surface area is 114 Å². The van der Waals surface area contributed by atoms with Crippen molar-refractivity contribution in [2.45, 2.75) is 51.2 Å². The van der Waals surface area contributed by atoms with Crippen LogP contribution < -0.4 is 5.73 Å². The molecule has 2 saturated carbocycles. The van der Waals surface area contributed by atoms with E-state index in [-0.39, 0.29) is 5.91 Å². The lowest BCUT2D eigenvalue weighted by atomic mass is 10.1. The number of amides is 1. The summed E-state index contributed by atoms with van der Waals surface area (Å²) in [6.07, 6.45) is 5.48. The Balaban J connectivity index is 1.68. The van der Waals surface area contributed by atoms with Crippen molar-refractivity contribution in [3.63, 3.8) is 0 Å². The number of carbonyl (C=O) groups is 1. The maximum absolute atomic E-state index is 11.1. The second-order valence-electron chi connectivity index (χ2n) is 6.04. The number of hydrogen-bond acceptors (Lipinski definition) is 2. The smallest absolute Gasteiger partial charge is 0.248 e. The van der Waals surface area contributed by atoms with E-state index in [0.717, 1.165) is 18.5 Å². The van der Waals surface area contributed by atoms with Crippen LogP contribution in [0.5, 0.6) is 0 Å². The van der Waals surface area contributed by atoms with Gasteiger partial charge < -0.3 is 5.73 Å². The van der Waals surface area contributed by atoms with Gasteiger partial charge in [-0.2, -0.15) is 0 Å². The first-order chi connectivity index (χ1) is 9.15. The minimum absolute atomic E-state index is 0.350. The van der Waals surface area contributed by atoms with Gasteiger partial charge in [-0.25, -0.2) is 0 Å². The lowest BCUT2D eigenvalue weighted by Crippen LogP contribution is -2.36. The molecule has 3 nitrogen and oxygen atoms in total. The van der Waals surface area contributed by atoms with Crippen LogP contribution in [0, 0.1) is 5.92 Å². The summed E-state index contributed by atoms with van der Waals surface area (Å²) in [5, 5.41) is 0. The molecule has 19 heavy (non-hydrogen) atoms. The lowest BCUT2D eigenvalue weighted by molar-refractivity contribution is 0.1000. The third kappa shape index (κ3) is 2.98. The molecular weight excluding hydrogens is 236 g/mol. The van der Waals surface area contributed by atoms with Gasteiger partial charge in [0.2, 0.25) is 5.91 Å². The van der Waals surface area contributed by atoms with Crippen LogP contribution >= 0.6 is 0 Å². The highest BCUT2D eigenvalue weighted by molar-refractivity contribution is 5.92. The molecule has 2 aliphatic rings. The molecule has 0 saturated heterocycles. The van der Waals surface area contributed by atoms with Gasteiger partial charge in [0.25, 0.3) is 0 Å². The molecule has 1 amide bonds. The predicted octanol–water partition coefficient (Wildman–Crippen LogP) is 2.55. The number of rotatable bonds is 6. The Bertz CT molecular complexity index is 460. The minimum atomic E-state index is -0.350. The van der Waals surface area contributed by atoms with Gasteiger partial charge in [-0.05, 0) is 56.2 Å². The maximum Gasteiger partial charge on any atom is 0.248 e. The average molecular weight is 258 g/mol. The molecule has 2 fully saturated rings. The molecule has 0 aromatic heterocycles. The normalized spacial score (nSPS) is 20.5. The quantitative estimate of drug-likeness (QED) is 0.852. The number of nitrogens with zero attached hydrogens (tertiary/aromatic N) is 1. The van der Waals surface area contributed by atoms with Gasteiger partial charge in [0.15, 0.2) is 0 Å². The summed E-state index contributed by atoms with van der Waals surface area (Å²) >= 11 is 0. The van der Waals surface area contributed by atoms with Crippen LogP contribution in [0.1, 0.15) is 48.5 Å². The number of primary amides is 1. The molecule has 0 heterocycles. The Morgan fingerprint density at radius 2 is 1.89 bits per heavy atom. The van der Waals surface area contributed by atoms with E-state index in [4.69, 9.17) is 5.73 Å². The van der Waals surface area contributed by atoms with E-state index < -0.39 is 0 Å². The third-order valence-corrected chi connectivity index (χ3v) is 4.45. The zero-order chi connectivity index (χ0) is 13.4. The highest BCUT2D eigenvalue weighted by Gasteiger charge is 2.38. The van der Waals surface area contributed by atoms with E-state index in [1.54, 1.807) is 0 Å². The van der Waals surface area contributed by atoms with Crippen molar-refractivity contribution >= 4 is 5.91 Å². The van der Waals surface area contributed by atoms with Gasteiger partial charge in [0.1, 0.15) is 0 Å². The minimum Gasteiger partial charge on any atom is -0.366 e. The Morgan fingerprint density at radius 1 is 1.26 bits per heavy atom. The van der Waals surface area contributed by atoms with Gasteiger partial charge in [-0.15, -0.1) is 0 Å². The van der Waals surface area contributed by atoms with E-state index >= 15 is 0 Å². The molecule has 1 atom stereocenters. The average Bonchev–Trinajstić information content (AvgIpc) is 3.29. The van der Waals surface area contributed by atoms with Crippen molar-refractivity contribution in [3.8, 4) is 0 Å². The first-order valence-electron chi connectivity index (χ1n) is 7.29. The van der Waals surface area contributed by atoms with Crippen molar-refractivity contribution in [3.05, 3.63) is 35.4 Å². The van der Waals surface area contributed by atoms with Crippen LogP contribution in [0.25, 0.3) is 0 Å². The molecule has 3 rings (SSSR count). The Hall–Kier alpha value is -1.35. The van der Waals surface area contributed by atoms with Crippen molar-refractivity contribution in [1.29, 1.82) is 0 Å². The predicted molar refractivity (Wildman–Crippen MR) is 75.7 cm³/mol. The number of hydrogen-bond donors (Lipinski definition) is 1. The lowest BCUT2D eigenvalue weighted by Gasteiger charge is -2.29. The van der Waals surface area contributed by atoms with Crippen LogP contribution in [-0.4, -0.2) is 22.9 Å². The SMILES string of the molecule is CC(C1CC1)N(Cc1ccc(C(N)=O)cc1)C1CC1. The molecule has 2 N–H and O–H groups in total. The fraction of sp³-hybridized carbons (Fsp3) is 0.562. The summed E-state index contributed by atoms with van der Waals surface area (Å²) in [6.45, 7) is 3.37. The summed E-state index contributed by atoms with van der Waals surface area (Å²) in [4.78, 5) is 13.7. The van der Waals surface area contributed by atoms with Crippen molar-refractivity contribution < 1.29 is 4.79 Å². The second-order valence-corrected chi connectivity index (χ2v) is 6.04. The van der Waals surface area contributed by atoms with Gasteiger partial charge in [0, 0.05) is 24.2 Å². The first kappa shape index (κ1) is 12.7. The topological polar surface area (TPSA) is 46.3 Å². The van der Waals surface area contributed by atoms with Crippen LogP contribution in [0.3, 0.4) is 0 Å². The van der Waals surface area contributed by atoms with Gasteiger partial charge in [-0.1, -0.05) is 12.1 Å². The fourth-order valence-electron chi connectivity index (χ4n) is 2.85. The summed E-state index contributed by atoms with van der Waals surface area (Å²) < 4.78 is 0. The summed E-state index contributed by atoms with van der Waals surface area (Å²) in [5.41, 5.74) is 7.15. The van der Waals surface area contributed by atoms with Crippen LogP contribution in [0.2, 0.25) is 0 Å². The molecule has 3 heteroatoms. The number of carbonyl (C=O) groups excluding carboxylic acids is 1. The monoisotopic (exact) mass is 258 g/mol. The highest BCUT2D eigenvalue weighted by Crippen LogP contribution is 2.40. The van der Waals surface area contributed by atoms with Crippen molar-refractivity contribution in [1.82, 2.24) is 4.90 Å². The number of nitrogens with two attached hydrogens (primary N) is 1. The number of benzene rings is 1. The van der Waals surface area contributed by atoms with E-state index in [1.165, 1.54) is 31.2 Å². The highest BCUT2D eigenvalue weighted by atomic mass is 16.1. The van der Waals surface area contributed by atoms with E-state index in [0.29, 0.717) is 11.6 Å². The van der Waals surface area contributed by atoms with E-state index in [1.807, 2.05) is 24.3 Å². The summed E-state index contributed by atoms with van der Waals surface area (Å²) in [7, 11) is 0. The zero-order valence-electron chi connectivity index (χ0n) is 11.5. The molecular formula is C16H22N2O. The Kier molecular flexibility index (Phi) is 3.31. The fourth-order valence-corrected chi connectivity index (χ4v) is 2.85. The molecule has 102 valence electrons. The van der Waals surface area contributed by atoms with Crippen molar-refractivity contribution in [2.24, 2.45) is 11.7 Å². The zero-order valence-corrected chi connectivity index (χ0v) is 11.5. The van der Waals surface area contributed by atoms with E-state index in [9.17, 15) is 4.79 Å². The summed E-state index contributed by atoms with van der Waals surface area (Å²) in [5.74, 6) is 0.558. The largest absolute Gasteiger partial charge is 0.366 e. The molecule has 0 radical (unpaired) electrons. The summed E-state index contributed by atoms with van der Waals surface area (Å²) in [6, 6.07) is 9.23. The molecule has 0 spiro atoms.